The third-order valence-electron chi connectivity index (χ3n) is 3.89. The number of aliphatic carboxylic acids is 1. The van der Waals surface area contributed by atoms with Crippen molar-refractivity contribution in [2.75, 3.05) is 0 Å². The molecule has 0 saturated heterocycles. The van der Waals surface area contributed by atoms with Crippen molar-refractivity contribution >= 4 is 17.6 Å². The van der Waals surface area contributed by atoms with Gasteiger partial charge in [0.1, 0.15) is 5.82 Å². The second-order valence-corrected chi connectivity index (χ2v) is 5.72. The molecule has 0 aliphatic heterocycles. The normalized spacial score (nSPS) is 23.1. The van der Waals surface area contributed by atoms with E-state index in [1.807, 2.05) is 12.1 Å². The molecule has 0 spiro atoms. The summed E-state index contributed by atoms with van der Waals surface area (Å²) in [4.78, 5) is 10.4. The molecule has 0 bridgehead atoms. The molecule has 0 atom stereocenters. The molecule has 0 heterocycles. The number of carboxylic acids is 1. The summed E-state index contributed by atoms with van der Waals surface area (Å²) in [6.07, 6.45) is 7.87. The number of benzene rings is 1. The number of carbonyl (C=O) groups is 1. The zero-order valence-corrected chi connectivity index (χ0v) is 11.9. The van der Waals surface area contributed by atoms with Crippen LogP contribution in [0.2, 0.25) is 5.02 Å². The summed E-state index contributed by atoms with van der Waals surface area (Å²) < 4.78 is 13.5. The summed E-state index contributed by atoms with van der Waals surface area (Å²) in [6.45, 7) is 0. The summed E-state index contributed by atoms with van der Waals surface area (Å²) in [7, 11) is 0. The Hall–Kier alpha value is -1.35. The Labute approximate surface area is 123 Å². The maximum absolute atomic E-state index is 13.5. The van der Waals surface area contributed by atoms with E-state index in [2.05, 4.69) is 0 Å². The molecule has 20 heavy (non-hydrogen) atoms. The third kappa shape index (κ3) is 4.07. The Kier molecular flexibility index (Phi) is 5.18. The fourth-order valence-corrected chi connectivity index (χ4v) is 2.89. The van der Waals surface area contributed by atoms with Crippen molar-refractivity contribution < 1.29 is 14.3 Å². The van der Waals surface area contributed by atoms with Crippen LogP contribution in [-0.2, 0) is 4.79 Å². The minimum Gasteiger partial charge on any atom is -0.481 e. The van der Waals surface area contributed by atoms with Crippen molar-refractivity contribution in [1.82, 2.24) is 0 Å². The third-order valence-corrected chi connectivity index (χ3v) is 4.19. The van der Waals surface area contributed by atoms with Crippen LogP contribution in [0.1, 0.15) is 43.6 Å². The van der Waals surface area contributed by atoms with Gasteiger partial charge >= 0.3 is 5.97 Å². The van der Waals surface area contributed by atoms with Crippen LogP contribution < -0.4 is 0 Å². The first kappa shape index (κ1) is 15.0. The number of carboxylic acid groups (broad SMARTS) is 1. The lowest BCUT2D eigenvalue weighted by atomic mass is 9.78. The monoisotopic (exact) mass is 296 g/mol. The van der Waals surface area contributed by atoms with Crippen molar-refractivity contribution in [2.24, 2.45) is 5.92 Å². The molecule has 1 aliphatic carbocycles. The van der Waals surface area contributed by atoms with Crippen LogP contribution in [0, 0.1) is 11.7 Å². The van der Waals surface area contributed by atoms with E-state index in [1.54, 1.807) is 12.1 Å². The van der Waals surface area contributed by atoms with Crippen molar-refractivity contribution in [1.29, 1.82) is 0 Å². The fourth-order valence-electron chi connectivity index (χ4n) is 2.77. The standard InChI is InChI=1S/C16H18ClFO2/c17-14-9-8-13(10-15(14)18)12-6-4-11(5-7-12)2-1-3-16(19)20/h1-2,8-12H,3-7H2,(H,19,20). The summed E-state index contributed by atoms with van der Waals surface area (Å²) in [5, 5.41) is 8.75. The van der Waals surface area contributed by atoms with Gasteiger partial charge in [-0.25, -0.2) is 4.39 Å². The van der Waals surface area contributed by atoms with E-state index >= 15 is 0 Å². The number of hydrogen-bond acceptors (Lipinski definition) is 1. The van der Waals surface area contributed by atoms with Gasteiger partial charge in [0.05, 0.1) is 11.4 Å². The van der Waals surface area contributed by atoms with E-state index in [1.165, 1.54) is 6.07 Å². The van der Waals surface area contributed by atoms with Gasteiger partial charge in [-0.15, -0.1) is 0 Å². The Morgan fingerprint density at radius 1 is 1.35 bits per heavy atom. The number of rotatable bonds is 4. The van der Waals surface area contributed by atoms with Gasteiger partial charge in [-0.05, 0) is 55.2 Å². The molecule has 1 aromatic rings. The lowest BCUT2D eigenvalue weighted by Gasteiger charge is -2.27. The Balaban J connectivity index is 1.89. The van der Waals surface area contributed by atoms with E-state index in [0.717, 1.165) is 31.2 Å². The lowest BCUT2D eigenvalue weighted by molar-refractivity contribution is -0.136. The Morgan fingerprint density at radius 2 is 2.05 bits per heavy atom. The van der Waals surface area contributed by atoms with Crippen LogP contribution in [0.3, 0.4) is 0 Å². The van der Waals surface area contributed by atoms with Gasteiger partial charge in [0.15, 0.2) is 0 Å². The first-order valence-corrected chi connectivity index (χ1v) is 7.27. The van der Waals surface area contributed by atoms with Crippen molar-refractivity contribution in [3.63, 3.8) is 0 Å². The van der Waals surface area contributed by atoms with Crippen LogP contribution in [0.25, 0.3) is 0 Å². The quantitative estimate of drug-likeness (QED) is 0.812. The lowest BCUT2D eigenvalue weighted by Crippen LogP contribution is -2.12. The van der Waals surface area contributed by atoms with E-state index in [-0.39, 0.29) is 17.3 Å². The summed E-state index contributed by atoms with van der Waals surface area (Å²) >= 11 is 5.69. The second kappa shape index (κ2) is 6.89. The highest BCUT2D eigenvalue weighted by Crippen LogP contribution is 2.37. The summed E-state index contributed by atoms with van der Waals surface area (Å²) in [5.41, 5.74) is 1.01. The largest absolute Gasteiger partial charge is 0.481 e. The van der Waals surface area contributed by atoms with Gasteiger partial charge in [-0.2, -0.15) is 0 Å². The van der Waals surface area contributed by atoms with Gasteiger partial charge in [-0.3, -0.25) is 4.79 Å². The number of hydrogen-bond donors (Lipinski definition) is 1. The van der Waals surface area contributed by atoms with Crippen LogP contribution in [0.15, 0.2) is 30.4 Å². The minimum atomic E-state index is -0.799. The molecule has 4 heteroatoms. The summed E-state index contributed by atoms with van der Waals surface area (Å²) in [5.74, 6) is -0.326. The van der Waals surface area contributed by atoms with E-state index in [0.29, 0.717) is 11.8 Å². The first-order valence-electron chi connectivity index (χ1n) is 6.89. The maximum atomic E-state index is 13.5. The van der Waals surface area contributed by atoms with Crippen molar-refractivity contribution in [3.05, 3.63) is 46.8 Å². The second-order valence-electron chi connectivity index (χ2n) is 5.31. The van der Waals surface area contributed by atoms with Crippen LogP contribution >= 0.6 is 11.6 Å². The van der Waals surface area contributed by atoms with Crippen LogP contribution in [0.4, 0.5) is 4.39 Å². The highest BCUT2D eigenvalue weighted by atomic mass is 35.5. The molecule has 1 saturated carbocycles. The van der Waals surface area contributed by atoms with Gasteiger partial charge in [0.25, 0.3) is 0 Å². The van der Waals surface area contributed by atoms with Gasteiger partial charge in [-0.1, -0.05) is 29.8 Å². The topological polar surface area (TPSA) is 37.3 Å². The molecule has 0 unspecified atom stereocenters. The minimum absolute atomic E-state index is 0.0856. The average Bonchev–Trinajstić information content (AvgIpc) is 2.42. The zero-order valence-electron chi connectivity index (χ0n) is 11.2. The molecular weight excluding hydrogens is 279 g/mol. The van der Waals surface area contributed by atoms with Crippen molar-refractivity contribution in [2.45, 2.75) is 38.0 Å². The maximum Gasteiger partial charge on any atom is 0.307 e. The molecule has 108 valence electrons. The molecule has 1 aliphatic rings. The predicted octanol–water partition coefficient (Wildman–Crippen LogP) is 4.78. The zero-order chi connectivity index (χ0) is 14.5. The van der Waals surface area contributed by atoms with E-state index in [9.17, 15) is 9.18 Å². The highest BCUT2D eigenvalue weighted by molar-refractivity contribution is 6.30. The van der Waals surface area contributed by atoms with E-state index in [4.69, 9.17) is 16.7 Å². The molecule has 2 nitrogen and oxygen atoms in total. The van der Waals surface area contributed by atoms with Crippen LogP contribution in [-0.4, -0.2) is 11.1 Å². The molecule has 0 amide bonds. The Morgan fingerprint density at radius 3 is 2.65 bits per heavy atom. The Bertz CT molecular complexity index is 505. The molecule has 1 aromatic carbocycles. The van der Waals surface area contributed by atoms with Gasteiger partial charge in [0, 0.05) is 0 Å². The number of allylic oxidation sites excluding steroid dienone is 1. The average molecular weight is 297 g/mol. The van der Waals surface area contributed by atoms with E-state index < -0.39 is 5.97 Å². The molecule has 0 radical (unpaired) electrons. The van der Waals surface area contributed by atoms with Gasteiger partial charge < -0.3 is 5.11 Å². The highest BCUT2D eigenvalue weighted by Gasteiger charge is 2.21. The molecule has 2 rings (SSSR count). The van der Waals surface area contributed by atoms with Gasteiger partial charge in [0.2, 0.25) is 0 Å². The molecule has 0 aromatic heterocycles. The molecule has 1 fully saturated rings. The predicted molar refractivity (Wildman–Crippen MR) is 77.5 cm³/mol. The first-order chi connectivity index (χ1) is 9.56. The van der Waals surface area contributed by atoms with Crippen LogP contribution in [0.5, 0.6) is 0 Å². The fraction of sp³-hybridized carbons (Fsp3) is 0.438. The molecule has 1 N–H and O–H groups in total. The van der Waals surface area contributed by atoms with Crippen molar-refractivity contribution in [3.8, 4) is 0 Å². The summed E-state index contributed by atoms with van der Waals surface area (Å²) in [6, 6.07) is 5.05. The molecular formula is C16H18ClFO2. The SMILES string of the molecule is O=C(O)CC=CC1CCC(c2ccc(Cl)c(F)c2)CC1. The smallest absolute Gasteiger partial charge is 0.307 e. The number of halogens is 2.